The molecule has 18 heavy (non-hydrogen) atoms. The van der Waals surface area contributed by atoms with Crippen molar-refractivity contribution < 1.29 is 4.74 Å². The third-order valence-corrected chi connectivity index (χ3v) is 3.34. The van der Waals surface area contributed by atoms with Crippen LogP contribution in [-0.4, -0.2) is 69.0 Å². The zero-order chi connectivity index (χ0) is 12.6. The maximum Gasteiger partial charge on any atom is 0.0594 e. The predicted octanol–water partition coefficient (Wildman–Crippen LogP) is 1.17. The van der Waals surface area contributed by atoms with Crippen LogP contribution in [0.5, 0.6) is 0 Å². The molecule has 0 aromatic heterocycles. The van der Waals surface area contributed by atoms with Crippen LogP contribution in [0.15, 0.2) is 28.9 Å². The number of allylic oxidation sites excluding steroid dienone is 2. The normalized spacial score (nSPS) is 21.1. The summed E-state index contributed by atoms with van der Waals surface area (Å²) >= 11 is 0. The Morgan fingerprint density at radius 3 is 3.06 bits per heavy atom. The van der Waals surface area contributed by atoms with Crippen LogP contribution in [0.1, 0.15) is 6.42 Å². The highest BCUT2D eigenvalue weighted by atomic mass is 16.5. The van der Waals surface area contributed by atoms with E-state index in [1.165, 1.54) is 5.57 Å². The van der Waals surface area contributed by atoms with Gasteiger partial charge in [0.05, 0.1) is 13.2 Å². The fourth-order valence-electron chi connectivity index (χ4n) is 2.21. The molecule has 0 aromatic rings. The van der Waals surface area contributed by atoms with Crippen molar-refractivity contribution in [1.82, 2.24) is 9.80 Å². The van der Waals surface area contributed by atoms with E-state index in [9.17, 15) is 0 Å². The molecule has 2 rings (SSSR count). The molecule has 0 atom stereocenters. The van der Waals surface area contributed by atoms with E-state index in [-0.39, 0.29) is 0 Å². The molecule has 0 aromatic carbocycles. The zero-order valence-corrected chi connectivity index (χ0v) is 11.2. The van der Waals surface area contributed by atoms with Gasteiger partial charge in [-0.05, 0) is 19.5 Å². The van der Waals surface area contributed by atoms with Crippen LogP contribution in [0, 0.1) is 0 Å². The molecule has 0 N–H and O–H groups in total. The second-order valence-corrected chi connectivity index (χ2v) is 4.90. The van der Waals surface area contributed by atoms with Gasteiger partial charge in [0.15, 0.2) is 0 Å². The van der Waals surface area contributed by atoms with E-state index >= 15 is 0 Å². The Hall–Kier alpha value is -0.970. The van der Waals surface area contributed by atoms with Gasteiger partial charge in [-0.3, -0.25) is 9.89 Å². The van der Waals surface area contributed by atoms with Crippen molar-refractivity contribution in [1.29, 1.82) is 0 Å². The van der Waals surface area contributed by atoms with Gasteiger partial charge in [-0.25, -0.2) is 0 Å². The van der Waals surface area contributed by atoms with E-state index in [0.29, 0.717) is 0 Å². The average molecular weight is 249 g/mol. The Kier molecular flexibility index (Phi) is 5.58. The summed E-state index contributed by atoms with van der Waals surface area (Å²) in [6, 6.07) is 0. The van der Waals surface area contributed by atoms with Gasteiger partial charge < -0.3 is 9.64 Å². The number of aliphatic imine (C=N–C) groups is 1. The van der Waals surface area contributed by atoms with Crippen LogP contribution in [0.4, 0.5) is 0 Å². The van der Waals surface area contributed by atoms with Crippen LogP contribution in [0.2, 0.25) is 0 Å². The largest absolute Gasteiger partial charge is 0.379 e. The maximum atomic E-state index is 5.36. The fraction of sp³-hybridized carbons (Fsp3) is 0.643. The molecular weight excluding hydrogens is 226 g/mol. The van der Waals surface area contributed by atoms with Crippen molar-refractivity contribution in [2.24, 2.45) is 4.99 Å². The van der Waals surface area contributed by atoms with E-state index in [2.05, 4.69) is 34.0 Å². The highest BCUT2D eigenvalue weighted by molar-refractivity contribution is 5.73. The third-order valence-electron chi connectivity index (χ3n) is 3.34. The third kappa shape index (κ3) is 4.72. The first-order chi connectivity index (χ1) is 8.84. The zero-order valence-electron chi connectivity index (χ0n) is 11.2. The summed E-state index contributed by atoms with van der Waals surface area (Å²) in [7, 11) is 2.19. The molecular formula is C14H23N3O. The van der Waals surface area contributed by atoms with Crippen LogP contribution in [0.3, 0.4) is 0 Å². The number of rotatable bonds is 5. The molecule has 0 saturated carbocycles. The molecule has 4 heteroatoms. The Labute approximate surface area is 110 Å². The molecule has 0 aliphatic carbocycles. The summed E-state index contributed by atoms with van der Waals surface area (Å²) in [4.78, 5) is 8.98. The van der Waals surface area contributed by atoms with Crippen LogP contribution in [-0.2, 0) is 4.74 Å². The lowest BCUT2D eigenvalue weighted by molar-refractivity contribution is 0.0348. The molecule has 1 saturated heterocycles. The number of likely N-dealkylation sites (N-methyl/N-ethyl adjacent to an activating group) is 1. The van der Waals surface area contributed by atoms with Gasteiger partial charge in [0, 0.05) is 45.1 Å². The summed E-state index contributed by atoms with van der Waals surface area (Å²) in [5.74, 6) is 0. The Balaban J connectivity index is 1.68. The van der Waals surface area contributed by atoms with Gasteiger partial charge in [-0.1, -0.05) is 11.6 Å². The van der Waals surface area contributed by atoms with Crippen molar-refractivity contribution >= 4 is 6.21 Å². The Morgan fingerprint density at radius 2 is 2.22 bits per heavy atom. The van der Waals surface area contributed by atoms with Crippen LogP contribution >= 0.6 is 0 Å². The molecule has 0 amide bonds. The minimum Gasteiger partial charge on any atom is -0.379 e. The maximum absolute atomic E-state index is 5.36. The van der Waals surface area contributed by atoms with E-state index in [0.717, 1.165) is 52.4 Å². The standard InChI is InChI=1S/C14H23N3O/c1-16(7-8-17-9-11-18-12-10-17)13-14-3-2-5-15-6-4-14/h2,4-6H,3,7-13H2,1H3. The lowest BCUT2D eigenvalue weighted by atomic mass is 10.1. The van der Waals surface area contributed by atoms with Gasteiger partial charge >= 0.3 is 0 Å². The van der Waals surface area contributed by atoms with Gasteiger partial charge in [0.1, 0.15) is 0 Å². The molecule has 1 fully saturated rings. The topological polar surface area (TPSA) is 28.1 Å². The van der Waals surface area contributed by atoms with Gasteiger partial charge in [0.25, 0.3) is 0 Å². The molecule has 100 valence electrons. The molecule has 0 radical (unpaired) electrons. The van der Waals surface area contributed by atoms with Crippen molar-refractivity contribution in [2.45, 2.75) is 6.42 Å². The first kappa shape index (κ1) is 13.5. The van der Waals surface area contributed by atoms with Crippen molar-refractivity contribution in [2.75, 3.05) is 53.0 Å². The van der Waals surface area contributed by atoms with Crippen molar-refractivity contribution in [3.8, 4) is 0 Å². The van der Waals surface area contributed by atoms with Crippen molar-refractivity contribution in [3.63, 3.8) is 0 Å². The molecule has 0 spiro atoms. The summed E-state index contributed by atoms with van der Waals surface area (Å²) in [6.45, 7) is 7.19. The van der Waals surface area contributed by atoms with E-state index in [1.54, 1.807) is 0 Å². The molecule has 2 aliphatic rings. The number of nitrogens with zero attached hydrogens (tertiary/aromatic N) is 3. The van der Waals surface area contributed by atoms with Crippen molar-refractivity contribution in [3.05, 3.63) is 23.9 Å². The minimum absolute atomic E-state index is 0.885. The second kappa shape index (κ2) is 7.46. The molecule has 0 unspecified atom stereocenters. The summed E-state index contributed by atoms with van der Waals surface area (Å²) in [5.41, 5.74) is 1.43. The summed E-state index contributed by atoms with van der Waals surface area (Å²) in [5, 5.41) is 0. The molecule has 2 aliphatic heterocycles. The second-order valence-electron chi connectivity index (χ2n) is 4.90. The minimum atomic E-state index is 0.885. The van der Waals surface area contributed by atoms with E-state index in [4.69, 9.17) is 4.74 Å². The number of hydrogen-bond donors (Lipinski definition) is 0. The quantitative estimate of drug-likeness (QED) is 0.732. The number of hydrogen-bond acceptors (Lipinski definition) is 4. The number of ether oxygens (including phenoxy) is 1. The van der Waals surface area contributed by atoms with Gasteiger partial charge in [-0.2, -0.15) is 0 Å². The molecule has 2 heterocycles. The summed E-state index contributed by atoms with van der Waals surface area (Å²) in [6.07, 6.45) is 9.02. The lowest BCUT2D eigenvalue weighted by Gasteiger charge is -2.28. The highest BCUT2D eigenvalue weighted by Crippen LogP contribution is 2.07. The predicted molar refractivity (Wildman–Crippen MR) is 75.1 cm³/mol. The van der Waals surface area contributed by atoms with Gasteiger partial charge in [0.2, 0.25) is 0 Å². The monoisotopic (exact) mass is 249 g/mol. The SMILES string of the molecule is CN(CCN1CCOCC1)CC1=CC=NC=CC1. The highest BCUT2D eigenvalue weighted by Gasteiger charge is 2.11. The van der Waals surface area contributed by atoms with Gasteiger partial charge in [-0.15, -0.1) is 0 Å². The Bertz CT molecular complexity index is 330. The Morgan fingerprint density at radius 1 is 1.39 bits per heavy atom. The number of morpholine rings is 1. The van der Waals surface area contributed by atoms with E-state index in [1.807, 2.05) is 12.4 Å². The van der Waals surface area contributed by atoms with Crippen LogP contribution < -0.4 is 0 Å². The molecule has 0 bridgehead atoms. The van der Waals surface area contributed by atoms with E-state index < -0.39 is 0 Å². The first-order valence-corrected chi connectivity index (χ1v) is 6.69. The molecule has 4 nitrogen and oxygen atoms in total. The first-order valence-electron chi connectivity index (χ1n) is 6.69. The summed E-state index contributed by atoms with van der Waals surface area (Å²) < 4.78 is 5.36. The average Bonchev–Trinajstić information content (AvgIpc) is 2.66. The van der Waals surface area contributed by atoms with Crippen LogP contribution in [0.25, 0.3) is 0 Å². The lowest BCUT2D eigenvalue weighted by Crippen LogP contribution is -2.41. The smallest absolute Gasteiger partial charge is 0.0594 e. The fourth-order valence-corrected chi connectivity index (χ4v) is 2.21.